The Morgan fingerprint density at radius 2 is 2.36 bits per heavy atom. The number of nitrogens with two attached hydrogens (primary N) is 1. The van der Waals surface area contributed by atoms with E-state index in [9.17, 15) is 4.79 Å². The minimum absolute atomic E-state index is 0.104. The molecule has 1 aromatic rings. The lowest BCUT2D eigenvalue weighted by molar-refractivity contribution is 0.0953. The van der Waals surface area contributed by atoms with Gasteiger partial charge in [-0.1, -0.05) is 0 Å². The Balaban J connectivity index is 2.50. The molecule has 0 aromatic carbocycles. The topological polar surface area (TPSA) is 52.3 Å². The van der Waals surface area contributed by atoms with Gasteiger partial charge in [-0.25, -0.2) is 0 Å². The number of hydrogen-bond acceptors (Lipinski definition) is 4. The zero-order valence-electron chi connectivity index (χ0n) is 8.45. The van der Waals surface area contributed by atoms with E-state index in [1.807, 2.05) is 19.1 Å². The standard InChI is InChI=1S/C10H15NO2S/c1-7-3-4-10(14-7)9(12)5-8(11)6-13-2/h3-4,8H,5-6,11H2,1-2H3. The summed E-state index contributed by atoms with van der Waals surface area (Å²) in [6, 6.07) is 3.59. The number of ketones is 1. The molecule has 0 fully saturated rings. The number of methoxy groups -OCH3 is 1. The van der Waals surface area contributed by atoms with Gasteiger partial charge in [-0.3, -0.25) is 4.79 Å². The van der Waals surface area contributed by atoms with E-state index < -0.39 is 0 Å². The van der Waals surface area contributed by atoms with E-state index in [4.69, 9.17) is 10.5 Å². The predicted molar refractivity (Wildman–Crippen MR) is 57.9 cm³/mol. The van der Waals surface area contributed by atoms with Crippen molar-refractivity contribution in [2.75, 3.05) is 13.7 Å². The zero-order valence-corrected chi connectivity index (χ0v) is 9.26. The SMILES string of the molecule is COCC(N)CC(=O)c1ccc(C)s1. The Morgan fingerprint density at radius 3 is 2.86 bits per heavy atom. The maximum Gasteiger partial charge on any atom is 0.174 e. The normalized spacial score (nSPS) is 12.8. The number of Topliss-reactive ketones (excluding diaryl/α,β-unsaturated/α-hetero) is 1. The number of aryl methyl sites for hydroxylation is 1. The van der Waals surface area contributed by atoms with Gasteiger partial charge in [-0.2, -0.15) is 0 Å². The van der Waals surface area contributed by atoms with Crippen molar-refractivity contribution in [2.24, 2.45) is 5.73 Å². The van der Waals surface area contributed by atoms with Crippen molar-refractivity contribution >= 4 is 17.1 Å². The summed E-state index contributed by atoms with van der Waals surface area (Å²) in [7, 11) is 1.58. The summed E-state index contributed by atoms with van der Waals surface area (Å²) in [5, 5.41) is 0. The van der Waals surface area contributed by atoms with Crippen molar-refractivity contribution < 1.29 is 9.53 Å². The molecule has 1 heterocycles. The van der Waals surface area contributed by atoms with Gasteiger partial charge in [0.05, 0.1) is 11.5 Å². The lowest BCUT2D eigenvalue weighted by atomic mass is 10.1. The Kier molecular flexibility index (Phi) is 4.25. The van der Waals surface area contributed by atoms with Gasteiger partial charge >= 0.3 is 0 Å². The monoisotopic (exact) mass is 213 g/mol. The first-order valence-electron chi connectivity index (χ1n) is 4.47. The van der Waals surface area contributed by atoms with Gasteiger partial charge in [0.25, 0.3) is 0 Å². The predicted octanol–water partition coefficient (Wildman–Crippen LogP) is 1.60. The van der Waals surface area contributed by atoms with Gasteiger partial charge in [-0.05, 0) is 19.1 Å². The zero-order chi connectivity index (χ0) is 10.6. The molecule has 2 N–H and O–H groups in total. The molecule has 1 atom stereocenters. The van der Waals surface area contributed by atoms with Crippen LogP contribution in [0.1, 0.15) is 21.0 Å². The quantitative estimate of drug-likeness (QED) is 0.756. The lowest BCUT2D eigenvalue weighted by Gasteiger charge is -2.07. The van der Waals surface area contributed by atoms with Crippen molar-refractivity contribution in [3.63, 3.8) is 0 Å². The molecular formula is C10H15NO2S. The van der Waals surface area contributed by atoms with Crippen LogP contribution in [0.4, 0.5) is 0 Å². The van der Waals surface area contributed by atoms with Crippen LogP contribution < -0.4 is 5.73 Å². The molecule has 0 aliphatic rings. The maximum atomic E-state index is 11.6. The van der Waals surface area contributed by atoms with E-state index in [0.717, 1.165) is 9.75 Å². The number of rotatable bonds is 5. The smallest absolute Gasteiger partial charge is 0.174 e. The third-order valence-electron chi connectivity index (χ3n) is 1.84. The van der Waals surface area contributed by atoms with Crippen molar-refractivity contribution in [3.05, 3.63) is 21.9 Å². The highest BCUT2D eigenvalue weighted by molar-refractivity contribution is 7.14. The van der Waals surface area contributed by atoms with Crippen LogP contribution in [0.5, 0.6) is 0 Å². The average Bonchev–Trinajstić information content (AvgIpc) is 2.52. The molecule has 0 aliphatic heterocycles. The van der Waals surface area contributed by atoms with Gasteiger partial charge in [0.1, 0.15) is 0 Å². The minimum Gasteiger partial charge on any atom is -0.383 e. The summed E-state index contributed by atoms with van der Waals surface area (Å²) in [6.45, 7) is 2.41. The average molecular weight is 213 g/mol. The van der Waals surface area contributed by atoms with E-state index in [-0.39, 0.29) is 11.8 Å². The first-order chi connectivity index (χ1) is 6.63. The molecular weight excluding hydrogens is 198 g/mol. The van der Waals surface area contributed by atoms with Gasteiger partial charge in [0.15, 0.2) is 5.78 Å². The van der Waals surface area contributed by atoms with E-state index in [0.29, 0.717) is 13.0 Å². The van der Waals surface area contributed by atoms with Crippen LogP contribution in [0, 0.1) is 6.92 Å². The van der Waals surface area contributed by atoms with E-state index in [2.05, 4.69) is 0 Å². The van der Waals surface area contributed by atoms with Gasteiger partial charge in [0.2, 0.25) is 0 Å². The maximum absolute atomic E-state index is 11.6. The molecule has 4 heteroatoms. The summed E-state index contributed by atoms with van der Waals surface area (Å²) in [4.78, 5) is 13.6. The van der Waals surface area contributed by atoms with Crippen molar-refractivity contribution in [1.82, 2.24) is 0 Å². The minimum atomic E-state index is -0.199. The van der Waals surface area contributed by atoms with Crippen LogP contribution in [-0.4, -0.2) is 25.5 Å². The van der Waals surface area contributed by atoms with Gasteiger partial charge < -0.3 is 10.5 Å². The molecule has 1 aromatic heterocycles. The van der Waals surface area contributed by atoms with Crippen LogP contribution in [0.2, 0.25) is 0 Å². The van der Waals surface area contributed by atoms with Crippen LogP contribution in [-0.2, 0) is 4.74 Å². The largest absolute Gasteiger partial charge is 0.383 e. The first kappa shape index (κ1) is 11.4. The second kappa shape index (κ2) is 5.24. The molecule has 0 spiro atoms. The molecule has 1 rings (SSSR count). The van der Waals surface area contributed by atoms with Gasteiger partial charge in [-0.15, -0.1) is 11.3 Å². The molecule has 78 valence electrons. The van der Waals surface area contributed by atoms with Crippen LogP contribution in [0.15, 0.2) is 12.1 Å². The first-order valence-corrected chi connectivity index (χ1v) is 5.29. The molecule has 0 radical (unpaired) electrons. The highest BCUT2D eigenvalue weighted by Crippen LogP contribution is 2.17. The third-order valence-corrected chi connectivity index (χ3v) is 2.89. The van der Waals surface area contributed by atoms with Crippen molar-refractivity contribution in [3.8, 4) is 0 Å². The van der Waals surface area contributed by atoms with Crippen molar-refractivity contribution in [2.45, 2.75) is 19.4 Å². The number of carbonyl (C=O) groups is 1. The lowest BCUT2D eigenvalue weighted by Crippen LogP contribution is -2.28. The Morgan fingerprint density at radius 1 is 1.64 bits per heavy atom. The van der Waals surface area contributed by atoms with E-state index in [1.54, 1.807) is 7.11 Å². The molecule has 3 nitrogen and oxygen atoms in total. The molecule has 1 unspecified atom stereocenters. The fourth-order valence-corrected chi connectivity index (χ4v) is 2.01. The summed E-state index contributed by atoms with van der Waals surface area (Å²) in [5.74, 6) is 0.104. The number of thiophene rings is 1. The number of carbonyl (C=O) groups excluding carboxylic acids is 1. The fraction of sp³-hybridized carbons (Fsp3) is 0.500. The van der Waals surface area contributed by atoms with Crippen molar-refractivity contribution in [1.29, 1.82) is 0 Å². The Labute approximate surface area is 87.9 Å². The van der Waals surface area contributed by atoms with E-state index in [1.165, 1.54) is 11.3 Å². The van der Waals surface area contributed by atoms with Crippen LogP contribution >= 0.6 is 11.3 Å². The van der Waals surface area contributed by atoms with Gasteiger partial charge in [0, 0.05) is 24.4 Å². The van der Waals surface area contributed by atoms with E-state index >= 15 is 0 Å². The Bertz CT molecular complexity index is 309. The molecule has 0 aliphatic carbocycles. The molecule has 0 bridgehead atoms. The molecule has 0 saturated carbocycles. The number of hydrogen-bond donors (Lipinski definition) is 1. The summed E-state index contributed by atoms with van der Waals surface area (Å²) in [6.07, 6.45) is 0.355. The van der Waals surface area contributed by atoms with Crippen LogP contribution in [0.25, 0.3) is 0 Å². The fourth-order valence-electron chi connectivity index (χ4n) is 1.20. The second-order valence-corrected chi connectivity index (χ2v) is 4.54. The molecule has 0 amide bonds. The second-order valence-electron chi connectivity index (χ2n) is 3.25. The third kappa shape index (κ3) is 3.21. The molecule has 0 saturated heterocycles. The highest BCUT2D eigenvalue weighted by atomic mass is 32.1. The summed E-state index contributed by atoms with van der Waals surface area (Å²) >= 11 is 1.51. The number of ether oxygens (including phenoxy) is 1. The highest BCUT2D eigenvalue weighted by Gasteiger charge is 2.12. The summed E-state index contributed by atoms with van der Waals surface area (Å²) < 4.78 is 4.87. The Hall–Kier alpha value is -0.710. The van der Waals surface area contributed by atoms with Crippen LogP contribution in [0.3, 0.4) is 0 Å². The molecule has 14 heavy (non-hydrogen) atoms. The summed E-state index contributed by atoms with van der Waals surface area (Å²) in [5.41, 5.74) is 5.69.